The van der Waals surface area contributed by atoms with Crippen molar-refractivity contribution in [2.45, 2.75) is 56.3 Å². The molecule has 7 heteroatoms. The van der Waals surface area contributed by atoms with Gasteiger partial charge in [0.2, 0.25) is 0 Å². The van der Waals surface area contributed by atoms with E-state index >= 15 is 0 Å². The highest BCUT2D eigenvalue weighted by atomic mass is 32.2. The maximum absolute atomic E-state index is 12.4. The van der Waals surface area contributed by atoms with Gasteiger partial charge in [0.1, 0.15) is 5.54 Å². The summed E-state index contributed by atoms with van der Waals surface area (Å²) in [6.07, 6.45) is 0. The zero-order chi connectivity index (χ0) is 16.9. The number of ether oxygens (including phenoxy) is 1. The molecule has 2 saturated heterocycles. The Hall–Kier alpha value is -0.565. The van der Waals surface area contributed by atoms with Crippen LogP contribution in [0.2, 0.25) is 0 Å². The largest absolute Gasteiger partial charge is 0.593 e. The second-order valence-electron chi connectivity index (χ2n) is 7.58. The first-order valence-corrected chi connectivity index (χ1v) is 9.00. The molecule has 0 radical (unpaired) electrons. The Morgan fingerprint density at radius 3 is 1.96 bits per heavy atom. The van der Waals surface area contributed by atoms with Crippen LogP contribution in [-0.2, 0) is 25.4 Å². The summed E-state index contributed by atoms with van der Waals surface area (Å²) < 4.78 is 32.7. The molecule has 126 valence electrons. The van der Waals surface area contributed by atoms with Crippen molar-refractivity contribution in [2.24, 2.45) is 0 Å². The van der Waals surface area contributed by atoms with Crippen molar-refractivity contribution in [3.05, 3.63) is 24.3 Å². The average molecular weight is 337 g/mol. The summed E-state index contributed by atoms with van der Waals surface area (Å²) in [7, 11) is -0.395. The summed E-state index contributed by atoms with van der Waals surface area (Å²) in [6, 6.07) is 7.53. The van der Waals surface area contributed by atoms with Gasteiger partial charge in [-0.2, -0.15) is 0 Å². The second-order valence-corrected chi connectivity index (χ2v) is 8.79. The van der Waals surface area contributed by atoms with Crippen LogP contribution in [0, 0.1) is 0 Å². The minimum Gasteiger partial charge on any atom is -0.593 e. The molecule has 2 aliphatic rings. The quantitative estimate of drug-likeness (QED) is 0.664. The molecule has 0 spiro atoms. The molecule has 1 N–H and O–H groups in total. The van der Waals surface area contributed by atoms with Crippen LogP contribution in [0.5, 0.6) is 0 Å². The average Bonchev–Trinajstić information content (AvgIpc) is 2.66. The van der Waals surface area contributed by atoms with Crippen LogP contribution in [0.4, 0.5) is 0 Å². The molecule has 3 rings (SSSR count). The Morgan fingerprint density at radius 1 is 1.00 bits per heavy atom. The van der Waals surface area contributed by atoms with Crippen LogP contribution in [0.1, 0.15) is 34.6 Å². The van der Waals surface area contributed by atoms with Gasteiger partial charge in [-0.3, -0.25) is 0 Å². The van der Waals surface area contributed by atoms with E-state index in [1.54, 1.807) is 0 Å². The van der Waals surface area contributed by atoms with Crippen LogP contribution < -0.4 is 10.2 Å². The molecule has 1 aromatic rings. The first-order valence-electron chi connectivity index (χ1n) is 7.85. The smallest absolute Gasteiger partial charge is 0.494 e. The van der Waals surface area contributed by atoms with E-state index in [-0.39, 0.29) is 16.7 Å². The highest BCUT2D eigenvalue weighted by Gasteiger charge is 2.51. The van der Waals surface area contributed by atoms with Crippen molar-refractivity contribution >= 4 is 23.9 Å². The van der Waals surface area contributed by atoms with Gasteiger partial charge >= 0.3 is 7.12 Å². The Bertz CT molecular complexity index is 558. The number of nitrogens with one attached hydrogen (secondary N) is 1. The number of benzene rings is 1. The third-order valence-corrected chi connectivity index (χ3v) is 6.18. The highest BCUT2D eigenvalue weighted by Crippen LogP contribution is 2.36. The van der Waals surface area contributed by atoms with Crippen molar-refractivity contribution in [2.75, 3.05) is 13.2 Å². The van der Waals surface area contributed by atoms with E-state index in [2.05, 4.69) is 4.72 Å². The molecule has 2 aliphatic heterocycles. The molecule has 5 nitrogen and oxygen atoms in total. The third-order valence-electron chi connectivity index (χ3n) is 4.80. The van der Waals surface area contributed by atoms with Crippen molar-refractivity contribution in [1.29, 1.82) is 0 Å². The van der Waals surface area contributed by atoms with Crippen molar-refractivity contribution in [3.8, 4) is 0 Å². The summed E-state index contributed by atoms with van der Waals surface area (Å²) in [6.45, 7) is 11.3. The van der Waals surface area contributed by atoms with Gasteiger partial charge in [-0.25, -0.2) is 0 Å². The van der Waals surface area contributed by atoms with Gasteiger partial charge in [0.25, 0.3) is 0 Å². The fraction of sp³-hybridized carbons (Fsp3) is 0.625. The summed E-state index contributed by atoms with van der Waals surface area (Å²) in [5.41, 5.74) is 0.0106. The van der Waals surface area contributed by atoms with E-state index in [0.717, 1.165) is 10.4 Å². The minimum absolute atomic E-state index is 0.199. The molecule has 23 heavy (non-hydrogen) atoms. The first-order chi connectivity index (χ1) is 10.6. The Balaban J connectivity index is 1.68. The topological polar surface area (TPSA) is 62.8 Å². The van der Waals surface area contributed by atoms with E-state index in [1.165, 1.54) is 0 Å². The van der Waals surface area contributed by atoms with Crippen LogP contribution in [-0.4, -0.2) is 41.6 Å². The van der Waals surface area contributed by atoms with Gasteiger partial charge < -0.3 is 18.6 Å². The summed E-state index contributed by atoms with van der Waals surface area (Å²) >= 11 is -1.25. The number of rotatable bonds is 4. The third kappa shape index (κ3) is 3.31. The fourth-order valence-electron chi connectivity index (χ4n) is 2.48. The minimum atomic E-state index is -1.25. The molecule has 1 atom stereocenters. The van der Waals surface area contributed by atoms with Gasteiger partial charge in [0.05, 0.1) is 35.8 Å². The lowest BCUT2D eigenvalue weighted by atomic mass is 9.79. The molecular weight excluding hydrogens is 313 g/mol. The van der Waals surface area contributed by atoms with Crippen LogP contribution in [0.15, 0.2) is 29.2 Å². The van der Waals surface area contributed by atoms with Gasteiger partial charge in [-0.1, -0.05) is 12.1 Å². The Morgan fingerprint density at radius 2 is 1.52 bits per heavy atom. The predicted molar refractivity (Wildman–Crippen MR) is 90.9 cm³/mol. The summed E-state index contributed by atoms with van der Waals surface area (Å²) in [5.74, 6) is 0. The van der Waals surface area contributed by atoms with Crippen LogP contribution in [0.25, 0.3) is 0 Å². The fourth-order valence-corrected chi connectivity index (χ4v) is 3.54. The first kappa shape index (κ1) is 17.3. The number of hydrogen-bond donors (Lipinski definition) is 1. The summed E-state index contributed by atoms with van der Waals surface area (Å²) in [5, 5.41) is 0. The molecule has 0 bridgehead atoms. The van der Waals surface area contributed by atoms with Crippen molar-refractivity contribution in [1.82, 2.24) is 4.72 Å². The normalized spacial score (nSPS) is 25.9. The monoisotopic (exact) mass is 337 g/mol. The van der Waals surface area contributed by atoms with E-state index in [9.17, 15) is 4.55 Å². The SMILES string of the molecule is CC1(N[S+]([O-])c2ccc(B3OC(C)(C)C(C)(C)O3)cc2)COC1. The molecule has 1 aromatic carbocycles. The molecule has 0 saturated carbocycles. The van der Waals surface area contributed by atoms with E-state index in [4.69, 9.17) is 14.0 Å². The standard InChI is InChI=1S/C16H24BNO4S/c1-14(2)15(3,4)22-17(21-14)12-6-8-13(9-7-12)23(19)18-16(5)10-20-11-16/h6-9,18H,10-11H2,1-5H3. The van der Waals surface area contributed by atoms with Gasteiger partial charge in [0.15, 0.2) is 4.90 Å². The molecular formula is C16H24BNO4S. The van der Waals surface area contributed by atoms with E-state index in [1.807, 2.05) is 58.9 Å². The van der Waals surface area contributed by atoms with Crippen LogP contribution >= 0.6 is 0 Å². The summed E-state index contributed by atoms with van der Waals surface area (Å²) in [4.78, 5) is 0.735. The lowest BCUT2D eigenvalue weighted by Gasteiger charge is -2.37. The van der Waals surface area contributed by atoms with Crippen molar-refractivity contribution < 1.29 is 18.6 Å². The lowest BCUT2D eigenvalue weighted by Crippen LogP contribution is -2.59. The Labute approximate surface area is 141 Å². The van der Waals surface area contributed by atoms with Gasteiger partial charge in [0, 0.05) is 0 Å². The Kier molecular flexibility index (Phi) is 4.32. The highest BCUT2D eigenvalue weighted by molar-refractivity contribution is 7.89. The molecule has 0 amide bonds. The maximum Gasteiger partial charge on any atom is 0.494 e. The molecule has 0 aromatic heterocycles. The molecule has 2 fully saturated rings. The lowest BCUT2D eigenvalue weighted by molar-refractivity contribution is -0.0523. The molecule has 1 unspecified atom stereocenters. The zero-order valence-electron chi connectivity index (χ0n) is 14.3. The van der Waals surface area contributed by atoms with E-state index in [0.29, 0.717) is 13.2 Å². The maximum atomic E-state index is 12.4. The van der Waals surface area contributed by atoms with Crippen molar-refractivity contribution in [3.63, 3.8) is 0 Å². The zero-order valence-corrected chi connectivity index (χ0v) is 15.2. The van der Waals surface area contributed by atoms with Gasteiger partial charge in [-0.05, 0) is 52.2 Å². The predicted octanol–water partition coefficient (Wildman–Crippen LogP) is 1.39. The second kappa shape index (κ2) is 5.76. The molecule has 2 heterocycles. The van der Waals surface area contributed by atoms with E-state index < -0.39 is 18.5 Å². The van der Waals surface area contributed by atoms with Gasteiger partial charge in [-0.15, -0.1) is 4.72 Å². The number of hydrogen-bond acceptors (Lipinski definition) is 5. The van der Waals surface area contributed by atoms with Crippen LogP contribution in [0.3, 0.4) is 0 Å². The molecule has 0 aliphatic carbocycles.